The summed E-state index contributed by atoms with van der Waals surface area (Å²) in [6.45, 7) is 3.72. The van der Waals surface area contributed by atoms with Crippen LogP contribution in [-0.4, -0.2) is 37.8 Å². The van der Waals surface area contributed by atoms with Crippen LogP contribution in [0.1, 0.15) is 28.8 Å². The maximum absolute atomic E-state index is 12.9. The van der Waals surface area contributed by atoms with Crippen LogP contribution in [0, 0.1) is 0 Å². The molecule has 3 rings (SSSR count). The van der Waals surface area contributed by atoms with Crippen molar-refractivity contribution >= 4 is 11.6 Å². The van der Waals surface area contributed by atoms with E-state index in [9.17, 15) is 4.79 Å². The van der Waals surface area contributed by atoms with Crippen molar-refractivity contribution < 1.29 is 14.3 Å². The molecule has 0 aliphatic carbocycles. The Labute approximate surface area is 135 Å². The van der Waals surface area contributed by atoms with Crippen LogP contribution in [-0.2, 0) is 4.74 Å². The van der Waals surface area contributed by atoms with E-state index in [1.54, 1.807) is 25.4 Å². The first-order valence-electron chi connectivity index (χ1n) is 7.69. The van der Waals surface area contributed by atoms with Gasteiger partial charge in [-0.1, -0.05) is 25.1 Å². The van der Waals surface area contributed by atoms with Crippen molar-refractivity contribution in [3.05, 3.63) is 53.7 Å². The van der Waals surface area contributed by atoms with Crippen molar-refractivity contribution in [2.24, 2.45) is 0 Å². The fourth-order valence-corrected chi connectivity index (χ4v) is 2.82. The zero-order chi connectivity index (χ0) is 16.2. The molecule has 2 heterocycles. The smallest absolute Gasteiger partial charge is 0.258 e. The van der Waals surface area contributed by atoms with Crippen LogP contribution in [0.15, 0.2) is 42.6 Å². The molecule has 5 nitrogen and oxygen atoms in total. The van der Waals surface area contributed by atoms with Crippen LogP contribution in [0.25, 0.3) is 0 Å². The minimum atomic E-state index is -0.0270. The Bertz CT molecular complexity index is 702. The number of carbonyl (C=O) groups excluding carboxylic acids is 1. The van der Waals surface area contributed by atoms with Crippen molar-refractivity contribution in [1.82, 2.24) is 4.98 Å². The number of hydrogen-bond acceptors (Lipinski definition) is 4. The second kappa shape index (κ2) is 6.79. The second-order valence-corrected chi connectivity index (χ2v) is 5.60. The van der Waals surface area contributed by atoms with Gasteiger partial charge in [0.25, 0.3) is 5.91 Å². The number of methoxy groups -OCH3 is 1. The van der Waals surface area contributed by atoms with Crippen molar-refractivity contribution in [2.75, 3.05) is 31.8 Å². The number of hydrogen-bond donors (Lipinski definition) is 0. The standard InChI is InChI=1S/C18H20N2O3/c1-13-12-20(16-6-4-3-5-15(13)16)18(21)14-7-8-19-17(11-14)23-10-9-22-2/h3-8,11,13H,9-10,12H2,1-2H3/t13-/m1/s1. The number of anilines is 1. The van der Waals surface area contributed by atoms with Gasteiger partial charge in [0.05, 0.1) is 6.61 Å². The topological polar surface area (TPSA) is 51.7 Å². The highest BCUT2D eigenvalue weighted by atomic mass is 16.5. The van der Waals surface area contributed by atoms with Gasteiger partial charge < -0.3 is 14.4 Å². The van der Waals surface area contributed by atoms with E-state index in [4.69, 9.17) is 9.47 Å². The molecule has 1 atom stereocenters. The molecule has 1 amide bonds. The third-order valence-corrected chi connectivity index (χ3v) is 3.98. The third-order valence-electron chi connectivity index (χ3n) is 3.98. The van der Waals surface area contributed by atoms with Crippen molar-refractivity contribution in [2.45, 2.75) is 12.8 Å². The molecule has 1 aromatic carbocycles. The van der Waals surface area contributed by atoms with Crippen LogP contribution in [0.3, 0.4) is 0 Å². The van der Waals surface area contributed by atoms with E-state index in [-0.39, 0.29) is 5.91 Å². The number of aromatic nitrogens is 1. The van der Waals surface area contributed by atoms with Gasteiger partial charge in [0.2, 0.25) is 5.88 Å². The Morgan fingerprint density at radius 2 is 2.13 bits per heavy atom. The molecule has 0 N–H and O–H groups in total. The Balaban J connectivity index is 1.80. The van der Waals surface area contributed by atoms with E-state index in [1.165, 1.54) is 5.56 Å². The molecule has 5 heteroatoms. The number of rotatable bonds is 5. The SMILES string of the molecule is COCCOc1cc(C(=O)N2C[C@@H](C)c3ccccc32)ccn1. The number of benzene rings is 1. The average molecular weight is 312 g/mol. The molecule has 0 spiro atoms. The van der Waals surface area contributed by atoms with Crippen LogP contribution in [0.2, 0.25) is 0 Å². The summed E-state index contributed by atoms with van der Waals surface area (Å²) in [6, 6.07) is 11.5. The zero-order valence-electron chi connectivity index (χ0n) is 13.4. The predicted molar refractivity (Wildman–Crippen MR) is 88.1 cm³/mol. The lowest BCUT2D eigenvalue weighted by atomic mass is 10.0. The molecule has 23 heavy (non-hydrogen) atoms. The highest BCUT2D eigenvalue weighted by molar-refractivity contribution is 6.07. The highest BCUT2D eigenvalue weighted by Gasteiger charge is 2.30. The van der Waals surface area contributed by atoms with Gasteiger partial charge in [-0.25, -0.2) is 4.98 Å². The summed E-state index contributed by atoms with van der Waals surface area (Å²) in [6.07, 6.45) is 1.60. The summed E-state index contributed by atoms with van der Waals surface area (Å²) in [5.41, 5.74) is 2.78. The predicted octanol–water partition coefficient (Wildman–Crippen LogP) is 2.87. The highest BCUT2D eigenvalue weighted by Crippen LogP contribution is 2.36. The Morgan fingerprint density at radius 1 is 1.30 bits per heavy atom. The summed E-state index contributed by atoms with van der Waals surface area (Å²) in [5, 5.41) is 0. The lowest BCUT2D eigenvalue weighted by Crippen LogP contribution is -2.29. The maximum atomic E-state index is 12.9. The van der Waals surface area contributed by atoms with Gasteiger partial charge in [-0.05, 0) is 17.7 Å². The molecule has 0 radical (unpaired) electrons. The second-order valence-electron chi connectivity index (χ2n) is 5.60. The van der Waals surface area contributed by atoms with Crippen LogP contribution >= 0.6 is 0 Å². The van der Waals surface area contributed by atoms with E-state index in [2.05, 4.69) is 18.0 Å². The summed E-state index contributed by atoms with van der Waals surface area (Å²) in [4.78, 5) is 18.8. The first kappa shape index (κ1) is 15.5. The number of fused-ring (bicyclic) bond motifs is 1. The molecule has 2 aromatic rings. The van der Waals surface area contributed by atoms with Gasteiger partial charge in [0.15, 0.2) is 0 Å². The summed E-state index contributed by atoms with van der Waals surface area (Å²) in [5.74, 6) is 0.753. The first-order chi connectivity index (χ1) is 11.2. The minimum absolute atomic E-state index is 0.0270. The Kier molecular flexibility index (Phi) is 4.57. The fraction of sp³-hybridized carbons (Fsp3) is 0.333. The number of ether oxygens (including phenoxy) is 2. The minimum Gasteiger partial charge on any atom is -0.475 e. The molecular formula is C18H20N2O3. The van der Waals surface area contributed by atoms with Crippen LogP contribution in [0.5, 0.6) is 5.88 Å². The van der Waals surface area contributed by atoms with E-state index in [0.717, 1.165) is 5.69 Å². The molecule has 1 aliphatic heterocycles. The number of amides is 1. The summed E-state index contributed by atoms with van der Waals surface area (Å²) >= 11 is 0. The number of carbonyl (C=O) groups is 1. The molecule has 0 saturated heterocycles. The Morgan fingerprint density at radius 3 is 2.96 bits per heavy atom. The summed E-state index contributed by atoms with van der Waals surface area (Å²) in [7, 11) is 1.61. The van der Waals surface area contributed by atoms with Crippen LogP contribution < -0.4 is 9.64 Å². The van der Waals surface area contributed by atoms with E-state index in [1.807, 2.05) is 23.1 Å². The van der Waals surface area contributed by atoms with Crippen molar-refractivity contribution in [3.63, 3.8) is 0 Å². The number of nitrogens with zero attached hydrogens (tertiary/aromatic N) is 2. The van der Waals surface area contributed by atoms with E-state index in [0.29, 0.717) is 37.1 Å². The van der Waals surface area contributed by atoms with Gasteiger partial charge in [-0.15, -0.1) is 0 Å². The molecule has 0 unspecified atom stereocenters. The molecule has 120 valence electrons. The quantitative estimate of drug-likeness (QED) is 0.797. The zero-order valence-corrected chi connectivity index (χ0v) is 13.4. The van der Waals surface area contributed by atoms with Gasteiger partial charge >= 0.3 is 0 Å². The summed E-state index contributed by atoms with van der Waals surface area (Å²) < 4.78 is 10.4. The largest absolute Gasteiger partial charge is 0.475 e. The third kappa shape index (κ3) is 3.19. The Hall–Kier alpha value is -2.40. The van der Waals surface area contributed by atoms with Gasteiger partial charge in [0, 0.05) is 43.1 Å². The monoisotopic (exact) mass is 312 g/mol. The lowest BCUT2D eigenvalue weighted by molar-refractivity contribution is 0.0987. The molecule has 0 fully saturated rings. The molecule has 0 bridgehead atoms. The van der Waals surface area contributed by atoms with E-state index >= 15 is 0 Å². The molecule has 0 saturated carbocycles. The van der Waals surface area contributed by atoms with Crippen molar-refractivity contribution in [3.8, 4) is 5.88 Å². The number of pyridine rings is 1. The maximum Gasteiger partial charge on any atom is 0.258 e. The lowest BCUT2D eigenvalue weighted by Gasteiger charge is -2.18. The average Bonchev–Trinajstić information content (AvgIpc) is 2.92. The van der Waals surface area contributed by atoms with Crippen molar-refractivity contribution in [1.29, 1.82) is 0 Å². The van der Waals surface area contributed by atoms with E-state index < -0.39 is 0 Å². The van der Waals surface area contributed by atoms with Gasteiger partial charge in [-0.2, -0.15) is 0 Å². The normalized spacial score (nSPS) is 16.3. The number of para-hydroxylation sites is 1. The molecular weight excluding hydrogens is 292 g/mol. The van der Waals surface area contributed by atoms with Gasteiger partial charge in [0.1, 0.15) is 6.61 Å². The fourth-order valence-electron chi connectivity index (χ4n) is 2.82. The first-order valence-corrected chi connectivity index (χ1v) is 7.69. The molecule has 1 aliphatic rings. The molecule has 1 aromatic heterocycles. The van der Waals surface area contributed by atoms with Gasteiger partial charge in [-0.3, -0.25) is 4.79 Å². The van der Waals surface area contributed by atoms with Crippen LogP contribution in [0.4, 0.5) is 5.69 Å².